The van der Waals surface area contributed by atoms with Gasteiger partial charge in [-0.25, -0.2) is 0 Å². The van der Waals surface area contributed by atoms with Crippen molar-refractivity contribution in [2.45, 2.75) is 12.6 Å². The molecule has 0 aliphatic carbocycles. The second kappa shape index (κ2) is 9.74. The number of hydrogen-bond acceptors (Lipinski definition) is 4. The summed E-state index contributed by atoms with van der Waals surface area (Å²) < 4.78 is 39.0. The Morgan fingerprint density at radius 2 is 1.66 bits per heavy atom. The number of alkyl halides is 3. The number of benzene rings is 2. The van der Waals surface area contributed by atoms with Crippen molar-refractivity contribution < 1.29 is 18.0 Å². The van der Waals surface area contributed by atoms with Crippen LogP contribution < -0.4 is 16.0 Å². The number of anilines is 2. The molecule has 0 saturated carbocycles. The summed E-state index contributed by atoms with van der Waals surface area (Å²) in [6.07, 6.45) is -2.35. The molecule has 0 spiro atoms. The highest BCUT2D eigenvalue weighted by Gasteiger charge is 2.33. The zero-order chi connectivity index (χ0) is 23.3. The highest BCUT2D eigenvalue weighted by Crippen LogP contribution is 2.36. The maximum absolute atomic E-state index is 13.0. The maximum Gasteiger partial charge on any atom is 0.417 e. The molecule has 5 nitrogen and oxygen atoms in total. The van der Waals surface area contributed by atoms with Crippen molar-refractivity contribution in [2.24, 2.45) is 0 Å². The minimum Gasteiger partial charge on any atom is -0.354 e. The summed E-state index contributed by atoms with van der Waals surface area (Å²) in [6.45, 7) is 3.80. The van der Waals surface area contributed by atoms with Crippen LogP contribution in [0.2, 0.25) is 5.02 Å². The van der Waals surface area contributed by atoms with Gasteiger partial charge in [0.2, 0.25) is 0 Å². The molecule has 3 aromatic rings. The Balaban J connectivity index is 1.62. The van der Waals surface area contributed by atoms with Gasteiger partial charge in [-0.15, -0.1) is 0 Å². The van der Waals surface area contributed by atoms with E-state index in [0.717, 1.165) is 17.2 Å². The Kier molecular flexibility index (Phi) is 7.05. The second-order valence-corrected chi connectivity index (χ2v) is 7.33. The molecule has 166 valence electrons. The van der Waals surface area contributed by atoms with Crippen molar-refractivity contribution in [3.63, 3.8) is 0 Å². The first kappa shape index (κ1) is 23.1. The predicted molar refractivity (Wildman–Crippen MR) is 120 cm³/mol. The number of halogens is 4. The summed E-state index contributed by atoms with van der Waals surface area (Å²) in [6, 6.07) is 14.6. The van der Waals surface area contributed by atoms with E-state index in [4.69, 9.17) is 11.6 Å². The van der Waals surface area contributed by atoms with Gasteiger partial charge in [0.25, 0.3) is 5.91 Å². The lowest BCUT2D eigenvalue weighted by Crippen LogP contribution is -2.19. The fourth-order valence-electron chi connectivity index (χ4n) is 2.98. The van der Waals surface area contributed by atoms with Gasteiger partial charge in [-0.1, -0.05) is 30.3 Å². The van der Waals surface area contributed by atoms with E-state index < -0.39 is 11.7 Å². The van der Waals surface area contributed by atoms with Crippen LogP contribution in [0.3, 0.4) is 0 Å². The second-order valence-electron chi connectivity index (χ2n) is 6.92. The lowest BCUT2D eigenvalue weighted by Gasteiger charge is -2.15. The third-order valence-corrected chi connectivity index (χ3v) is 4.84. The Morgan fingerprint density at radius 3 is 2.31 bits per heavy atom. The molecule has 0 aliphatic heterocycles. The van der Waals surface area contributed by atoms with E-state index in [0.29, 0.717) is 23.6 Å². The lowest BCUT2D eigenvalue weighted by molar-refractivity contribution is -0.137. The molecule has 0 unspecified atom stereocenters. The molecular weight excluding hydrogens is 441 g/mol. The van der Waals surface area contributed by atoms with Gasteiger partial charge in [0.05, 0.1) is 10.6 Å². The number of pyridine rings is 1. The fourth-order valence-corrected chi connectivity index (χ4v) is 3.20. The summed E-state index contributed by atoms with van der Waals surface area (Å²) in [5.74, 6) is 0.0537. The molecule has 1 aromatic heterocycles. The van der Waals surface area contributed by atoms with Gasteiger partial charge < -0.3 is 16.0 Å². The van der Waals surface area contributed by atoms with Gasteiger partial charge in [0.15, 0.2) is 0 Å². The number of rotatable bonds is 7. The Morgan fingerprint density at radius 1 is 1.00 bits per heavy atom. The van der Waals surface area contributed by atoms with Crippen LogP contribution in [0, 0.1) is 0 Å². The number of nitrogens with one attached hydrogen (secondary N) is 3. The number of aromatic nitrogens is 1. The van der Waals surface area contributed by atoms with Crippen LogP contribution in [-0.2, 0) is 12.6 Å². The van der Waals surface area contributed by atoms with Crippen LogP contribution in [0.4, 0.5) is 24.5 Å². The lowest BCUT2D eigenvalue weighted by atomic mass is 10.0. The van der Waals surface area contributed by atoms with Crippen molar-refractivity contribution >= 4 is 28.9 Å². The van der Waals surface area contributed by atoms with Crippen LogP contribution in [-0.4, -0.2) is 17.9 Å². The molecule has 0 bridgehead atoms. The Labute approximate surface area is 188 Å². The zero-order valence-electron chi connectivity index (χ0n) is 17.1. The monoisotopic (exact) mass is 460 g/mol. The van der Waals surface area contributed by atoms with E-state index in [1.807, 2.05) is 30.3 Å². The van der Waals surface area contributed by atoms with Gasteiger partial charge in [0.1, 0.15) is 11.5 Å². The summed E-state index contributed by atoms with van der Waals surface area (Å²) in [5.41, 5.74) is 2.29. The zero-order valence-corrected chi connectivity index (χ0v) is 17.8. The van der Waals surface area contributed by atoms with Crippen LogP contribution in [0.25, 0.3) is 0 Å². The first-order valence-corrected chi connectivity index (χ1v) is 9.89. The molecule has 1 heterocycles. The first-order valence-electron chi connectivity index (χ1n) is 9.51. The summed E-state index contributed by atoms with van der Waals surface area (Å²) in [5, 5.41) is 7.98. The molecular formula is C23H20ClF3N4O. The Hall–Kier alpha value is -3.52. The molecule has 3 rings (SSSR count). The smallest absolute Gasteiger partial charge is 0.354 e. The molecule has 2 aromatic carbocycles. The number of carbonyl (C=O) groups is 1. The third-order valence-electron chi connectivity index (χ3n) is 4.51. The molecule has 9 heteroatoms. The van der Waals surface area contributed by atoms with Crippen molar-refractivity contribution in [3.8, 4) is 0 Å². The average Bonchev–Trinajstić information content (AvgIpc) is 2.75. The van der Waals surface area contributed by atoms with Crippen molar-refractivity contribution in [1.29, 1.82) is 0 Å². The minimum atomic E-state index is -4.55. The molecule has 0 atom stereocenters. The van der Waals surface area contributed by atoms with E-state index in [1.165, 1.54) is 12.1 Å². The van der Waals surface area contributed by atoms with E-state index in [9.17, 15) is 18.0 Å². The number of amides is 1. The SMILES string of the molecule is C=C(Nc1ccc(Cc2ccnc(C(=O)NC)c2)cc1)Nc1ccc(Cl)c(C(F)(F)F)c1. The molecule has 1 amide bonds. The van der Waals surface area contributed by atoms with Crippen molar-refractivity contribution in [1.82, 2.24) is 10.3 Å². The fraction of sp³-hybridized carbons (Fsp3) is 0.130. The van der Waals surface area contributed by atoms with Gasteiger partial charge >= 0.3 is 6.18 Å². The Bertz CT molecular complexity index is 1130. The summed E-state index contributed by atoms with van der Waals surface area (Å²) >= 11 is 5.64. The van der Waals surface area contributed by atoms with Gasteiger partial charge in [-0.05, 0) is 60.0 Å². The molecule has 0 radical (unpaired) electrons. The van der Waals surface area contributed by atoms with E-state index >= 15 is 0 Å². The van der Waals surface area contributed by atoms with Gasteiger partial charge in [0, 0.05) is 24.6 Å². The predicted octanol–water partition coefficient (Wildman–Crippen LogP) is 5.70. The van der Waals surface area contributed by atoms with Crippen LogP contribution in [0.1, 0.15) is 27.2 Å². The van der Waals surface area contributed by atoms with Crippen LogP contribution in [0.15, 0.2) is 73.2 Å². The quantitative estimate of drug-likeness (QED) is 0.423. The van der Waals surface area contributed by atoms with Crippen molar-refractivity contribution in [2.75, 3.05) is 17.7 Å². The first-order chi connectivity index (χ1) is 15.2. The number of hydrogen-bond donors (Lipinski definition) is 3. The molecule has 3 N–H and O–H groups in total. The molecule has 0 aliphatic rings. The highest BCUT2D eigenvalue weighted by atomic mass is 35.5. The van der Waals surface area contributed by atoms with Crippen LogP contribution in [0.5, 0.6) is 0 Å². The van der Waals surface area contributed by atoms with Gasteiger partial charge in [-0.2, -0.15) is 13.2 Å². The van der Waals surface area contributed by atoms with Crippen LogP contribution >= 0.6 is 11.6 Å². The van der Waals surface area contributed by atoms with E-state index in [1.54, 1.807) is 19.3 Å². The summed E-state index contributed by atoms with van der Waals surface area (Å²) in [7, 11) is 1.55. The largest absolute Gasteiger partial charge is 0.417 e. The topological polar surface area (TPSA) is 66.0 Å². The normalized spacial score (nSPS) is 11.0. The average molecular weight is 461 g/mol. The maximum atomic E-state index is 13.0. The van der Waals surface area contributed by atoms with Crippen molar-refractivity contribution in [3.05, 3.63) is 101 Å². The van der Waals surface area contributed by atoms with Gasteiger partial charge in [-0.3, -0.25) is 9.78 Å². The third kappa shape index (κ3) is 6.01. The van der Waals surface area contributed by atoms with E-state index in [2.05, 4.69) is 27.5 Å². The summed E-state index contributed by atoms with van der Waals surface area (Å²) in [4.78, 5) is 15.8. The molecule has 0 fully saturated rings. The number of nitrogens with zero attached hydrogens (tertiary/aromatic N) is 1. The minimum absolute atomic E-state index is 0.209. The highest BCUT2D eigenvalue weighted by molar-refractivity contribution is 6.31. The molecule has 32 heavy (non-hydrogen) atoms. The standard InChI is InChI=1S/C23H20ClF3N4O/c1-14(31-18-7-8-20(24)19(13-18)23(25,26)27)30-17-5-3-15(4-6-17)11-16-9-10-29-21(12-16)22(32)28-2/h3-10,12-13,30-31H,1,11H2,2H3,(H,28,32). The molecule has 0 saturated heterocycles. The number of carbonyl (C=O) groups excluding carboxylic acids is 1. The van der Waals surface area contributed by atoms with E-state index in [-0.39, 0.29) is 16.6 Å².